The fraction of sp³-hybridized carbons (Fsp3) is 0.455. The maximum Gasteiger partial charge on any atom is 0.253 e. The highest BCUT2D eigenvalue weighted by Crippen LogP contribution is 2.29. The van der Waals surface area contributed by atoms with Crippen molar-refractivity contribution >= 4 is 23.5 Å². The number of aliphatic hydroxyl groups is 1. The average Bonchev–Trinajstić information content (AvgIpc) is 2.69. The van der Waals surface area contributed by atoms with Crippen LogP contribution in [0.4, 0.5) is 5.69 Å². The van der Waals surface area contributed by atoms with Crippen molar-refractivity contribution in [2.45, 2.75) is 44.5 Å². The topological polar surface area (TPSA) is 65.5 Å². The number of hydrogen-bond acceptors (Lipinski definition) is 5. The van der Waals surface area contributed by atoms with Crippen LogP contribution >= 0.6 is 11.9 Å². The summed E-state index contributed by atoms with van der Waals surface area (Å²) in [4.78, 5) is 18.9. The van der Waals surface area contributed by atoms with Gasteiger partial charge in [-0.3, -0.25) is 9.78 Å². The summed E-state index contributed by atoms with van der Waals surface area (Å²) < 4.78 is 3.29. The molecule has 0 spiro atoms. The average molecular weight is 400 g/mol. The number of carbonyl (C=O) groups excluding carboxylic acids is 1. The van der Waals surface area contributed by atoms with Gasteiger partial charge in [-0.05, 0) is 73.5 Å². The molecule has 5 nitrogen and oxygen atoms in total. The van der Waals surface area contributed by atoms with E-state index in [0.29, 0.717) is 37.4 Å². The SMILES string of the molecule is CC(C)CC1(O)CCN(C(=O)c2ccc(NSCc3ccccn3)cc2)CC1. The Balaban J connectivity index is 1.49. The summed E-state index contributed by atoms with van der Waals surface area (Å²) in [5.74, 6) is 1.27. The zero-order valence-electron chi connectivity index (χ0n) is 16.6. The Bertz CT molecular complexity index is 757. The molecule has 0 radical (unpaired) electrons. The standard InChI is InChI=1S/C22H29N3O2S/c1-17(2)15-22(27)10-13-25(14-11-22)21(26)18-6-8-19(9-7-18)24-28-16-20-5-3-4-12-23-20/h3-9,12,17,24,27H,10-11,13-16H2,1-2H3. The van der Waals surface area contributed by atoms with Gasteiger partial charge in [0, 0.05) is 30.5 Å². The Labute approximate surface area is 171 Å². The molecule has 0 aliphatic carbocycles. The zero-order valence-corrected chi connectivity index (χ0v) is 17.4. The van der Waals surface area contributed by atoms with Crippen molar-refractivity contribution in [2.24, 2.45) is 5.92 Å². The first-order valence-electron chi connectivity index (χ1n) is 9.85. The van der Waals surface area contributed by atoms with Gasteiger partial charge in [0.1, 0.15) is 0 Å². The van der Waals surface area contributed by atoms with E-state index in [2.05, 4.69) is 23.6 Å². The molecule has 1 aromatic heterocycles. The largest absolute Gasteiger partial charge is 0.390 e. The number of rotatable bonds is 7. The van der Waals surface area contributed by atoms with Gasteiger partial charge >= 0.3 is 0 Å². The van der Waals surface area contributed by atoms with E-state index in [4.69, 9.17) is 0 Å². The van der Waals surface area contributed by atoms with E-state index in [1.807, 2.05) is 47.4 Å². The van der Waals surface area contributed by atoms with E-state index in [0.717, 1.165) is 23.6 Å². The first kappa shape index (κ1) is 20.7. The van der Waals surface area contributed by atoms with Crippen LogP contribution in [0.1, 0.15) is 49.2 Å². The first-order chi connectivity index (χ1) is 13.5. The molecule has 28 heavy (non-hydrogen) atoms. The zero-order chi connectivity index (χ0) is 20.0. The molecular weight excluding hydrogens is 370 g/mol. The molecule has 3 rings (SSSR count). The van der Waals surface area contributed by atoms with Crippen molar-refractivity contribution in [1.82, 2.24) is 9.88 Å². The Morgan fingerprint density at radius 1 is 1.21 bits per heavy atom. The first-order valence-corrected chi connectivity index (χ1v) is 10.8. The van der Waals surface area contributed by atoms with E-state index in [-0.39, 0.29) is 5.91 Å². The predicted octanol–water partition coefficient (Wildman–Crippen LogP) is 4.36. The molecule has 0 unspecified atom stereocenters. The summed E-state index contributed by atoms with van der Waals surface area (Å²) >= 11 is 1.57. The van der Waals surface area contributed by atoms with Gasteiger partial charge in [-0.25, -0.2) is 0 Å². The number of nitrogens with zero attached hydrogens (tertiary/aromatic N) is 2. The lowest BCUT2D eigenvalue weighted by Gasteiger charge is -2.39. The Morgan fingerprint density at radius 3 is 2.54 bits per heavy atom. The molecule has 1 aliphatic heterocycles. The lowest BCUT2D eigenvalue weighted by molar-refractivity contribution is -0.0311. The second kappa shape index (κ2) is 9.43. The van der Waals surface area contributed by atoms with Crippen LogP contribution in [0.25, 0.3) is 0 Å². The number of likely N-dealkylation sites (tertiary alicyclic amines) is 1. The Hall–Kier alpha value is -2.05. The lowest BCUT2D eigenvalue weighted by Crippen LogP contribution is -2.47. The van der Waals surface area contributed by atoms with Crippen molar-refractivity contribution < 1.29 is 9.90 Å². The van der Waals surface area contributed by atoms with Crippen LogP contribution in [0.5, 0.6) is 0 Å². The highest BCUT2D eigenvalue weighted by molar-refractivity contribution is 7.99. The number of pyridine rings is 1. The second-order valence-corrected chi connectivity index (χ2v) is 8.69. The van der Waals surface area contributed by atoms with Gasteiger partial charge in [-0.1, -0.05) is 19.9 Å². The van der Waals surface area contributed by atoms with Gasteiger partial charge in [0.05, 0.1) is 17.0 Å². The third kappa shape index (κ3) is 5.72. The highest BCUT2D eigenvalue weighted by atomic mass is 32.2. The van der Waals surface area contributed by atoms with E-state index in [9.17, 15) is 9.90 Å². The lowest BCUT2D eigenvalue weighted by atomic mass is 9.84. The number of piperidine rings is 1. The summed E-state index contributed by atoms with van der Waals surface area (Å²) in [5.41, 5.74) is 2.05. The molecule has 6 heteroatoms. The van der Waals surface area contributed by atoms with Gasteiger partial charge in [0.25, 0.3) is 5.91 Å². The van der Waals surface area contributed by atoms with Gasteiger partial charge in [0.15, 0.2) is 0 Å². The summed E-state index contributed by atoms with van der Waals surface area (Å²) in [6.45, 7) is 5.48. The van der Waals surface area contributed by atoms with Crippen LogP contribution in [0.3, 0.4) is 0 Å². The minimum atomic E-state index is -0.621. The van der Waals surface area contributed by atoms with Crippen LogP contribution in [-0.2, 0) is 5.75 Å². The maximum absolute atomic E-state index is 12.8. The molecule has 1 aliphatic rings. The van der Waals surface area contributed by atoms with Gasteiger partial charge < -0.3 is 14.7 Å². The van der Waals surface area contributed by atoms with Gasteiger partial charge in [0.2, 0.25) is 0 Å². The van der Waals surface area contributed by atoms with E-state index in [1.54, 1.807) is 18.1 Å². The van der Waals surface area contributed by atoms with Crippen molar-refractivity contribution in [3.63, 3.8) is 0 Å². The number of amides is 1. The smallest absolute Gasteiger partial charge is 0.253 e. The maximum atomic E-state index is 12.8. The third-order valence-corrected chi connectivity index (χ3v) is 5.86. The monoisotopic (exact) mass is 399 g/mol. The van der Waals surface area contributed by atoms with E-state index in [1.165, 1.54) is 0 Å². The number of aromatic nitrogens is 1. The number of hydrogen-bond donors (Lipinski definition) is 2. The molecule has 150 valence electrons. The molecule has 2 N–H and O–H groups in total. The number of carbonyl (C=O) groups is 1. The van der Waals surface area contributed by atoms with Crippen LogP contribution < -0.4 is 4.72 Å². The molecule has 1 aromatic carbocycles. The van der Waals surface area contributed by atoms with Crippen molar-refractivity contribution in [2.75, 3.05) is 17.8 Å². The Kier molecular flexibility index (Phi) is 6.97. The molecule has 2 aromatic rings. The quantitative estimate of drug-likeness (QED) is 0.678. The fourth-order valence-electron chi connectivity index (χ4n) is 3.63. The molecule has 0 saturated carbocycles. The van der Waals surface area contributed by atoms with Crippen LogP contribution in [0.15, 0.2) is 48.7 Å². The molecule has 0 atom stereocenters. The summed E-state index contributed by atoms with van der Waals surface area (Å²) in [7, 11) is 0. The molecule has 1 fully saturated rings. The number of benzene rings is 1. The predicted molar refractivity (Wildman–Crippen MR) is 115 cm³/mol. The molecule has 2 heterocycles. The second-order valence-electron chi connectivity index (χ2n) is 7.90. The summed E-state index contributed by atoms with van der Waals surface area (Å²) in [6.07, 6.45) is 3.90. The molecule has 1 saturated heterocycles. The van der Waals surface area contributed by atoms with Crippen LogP contribution in [0.2, 0.25) is 0 Å². The van der Waals surface area contributed by atoms with Crippen LogP contribution in [-0.4, -0.2) is 39.6 Å². The van der Waals surface area contributed by atoms with Crippen molar-refractivity contribution in [3.05, 3.63) is 59.9 Å². The minimum Gasteiger partial charge on any atom is -0.390 e. The van der Waals surface area contributed by atoms with Crippen molar-refractivity contribution in [3.8, 4) is 0 Å². The van der Waals surface area contributed by atoms with E-state index >= 15 is 0 Å². The molecular formula is C22H29N3O2S. The van der Waals surface area contributed by atoms with Crippen LogP contribution in [0, 0.1) is 5.92 Å². The van der Waals surface area contributed by atoms with E-state index < -0.39 is 5.60 Å². The minimum absolute atomic E-state index is 0.0410. The van der Waals surface area contributed by atoms with Crippen molar-refractivity contribution in [1.29, 1.82) is 0 Å². The van der Waals surface area contributed by atoms with Gasteiger partial charge in [-0.2, -0.15) is 0 Å². The highest BCUT2D eigenvalue weighted by Gasteiger charge is 2.34. The fourth-order valence-corrected chi connectivity index (χ4v) is 4.32. The summed E-state index contributed by atoms with van der Waals surface area (Å²) in [5, 5.41) is 10.7. The number of nitrogens with one attached hydrogen (secondary N) is 1. The normalized spacial score (nSPS) is 16.2. The summed E-state index contributed by atoms with van der Waals surface area (Å²) in [6, 6.07) is 13.5. The van der Waals surface area contributed by atoms with Gasteiger partial charge in [-0.15, -0.1) is 0 Å². The number of anilines is 1. The third-order valence-electron chi connectivity index (χ3n) is 5.04. The Morgan fingerprint density at radius 2 is 1.93 bits per heavy atom. The molecule has 0 bridgehead atoms. The molecule has 1 amide bonds.